The molecule has 7 nitrogen and oxygen atoms in total. The van der Waals surface area contributed by atoms with Crippen molar-refractivity contribution >= 4 is 33.2 Å². The summed E-state index contributed by atoms with van der Waals surface area (Å²) in [6.07, 6.45) is 0.591. The highest BCUT2D eigenvalue weighted by atomic mass is 35.5. The first-order valence-electron chi connectivity index (χ1n) is 12.4. The second-order valence-corrected chi connectivity index (χ2v) is 11.8. The van der Waals surface area contributed by atoms with Crippen molar-refractivity contribution in [2.45, 2.75) is 17.4 Å². The van der Waals surface area contributed by atoms with E-state index >= 15 is 0 Å². The van der Waals surface area contributed by atoms with E-state index in [0.29, 0.717) is 54.3 Å². The quantitative estimate of drug-likeness (QED) is 0.279. The Hall–Kier alpha value is -2.33. The Bertz CT molecular complexity index is 1250. The molecule has 0 aromatic heterocycles. The molecule has 0 spiro atoms. The molecule has 0 atom stereocenters. The Morgan fingerprint density at radius 1 is 0.789 bits per heavy atom. The minimum atomic E-state index is -3.62. The third-order valence-electron chi connectivity index (χ3n) is 6.57. The molecule has 10 heteroatoms. The van der Waals surface area contributed by atoms with E-state index < -0.39 is 10.0 Å². The topological polar surface area (TPSA) is 68.3 Å². The molecule has 0 N–H and O–H groups in total. The van der Waals surface area contributed by atoms with E-state index in [0.717, 1.165) is 24.1 Å². The van der Waals surface area contributed by atoms with Gasteiger partial charge in [-0.15, -0.1) is 0 Å². The van der Waals surface area contributed by atoms with Crippen molar-refractivity contribution in [3.8, 4) is 11.5 Å². The number of methoxy groups -OCH3 is 2. The van der Waals surface area contributed by atoms with Crippen LogP contribution in [0.4, 0.5) is 0 Å². The van der Waals surface area contributed by atoms with Crippen molar-refractivity contribution in [1.29, 1.82) is 0 Å². The molecule has 1 heterocycles. The second-order valence-electron chi connectivity index (χ2n) is 8.97. The summed E-state index contributed by atoms with van der Waals surface area (Å²) >= 11 is 12.2. The molecule has 38 heavy (non-hydrogen) atoms. The number of benzene rings is 3. The van der Waals surface area contributed by atoms with Crippen LogP contribution in [0.2, 0.25) is 10.0 Å². The number of sulfonamides is 1. The summed E-state index contributed by atoms with van der Waals surface area (Å²) in [6.45, 7) is 3.54. The van der Waals surface area contributed by atoms with Gasteiger partial charge in [-0.05, 0) is 53.9 Å². The molecule has 0 unspecified atom stereocenters. The van der Waals surface area contributed by atoms with E-state index in [1.807, 2.05) is 48.5 Å². The fraction of sp³-hybridized carbons (Fsp3) is 0.357. The van der Waals surface area contributed by atoms with Gasteiger partial charge in [-0.3, -0.25) is 0 Å². The van der Waals surface area contributed by atoms with Crippen LogP contribution < -0.4 is 9.47 Å². The zero-order chi connectivity index (χ0) is 27.1. The number of hydrogen-bond donors (Lipinski definition) is 0. The Balaban J connectivity index is 1.30. The van der Waals surface area contributed by atoms with Gasteiger partial charge in [-0.25, -0.2) is 8.42 Å². The molecule has 204 valence electrons. The molecule has 0 radical (unpaired) electrons. The van der Waals surface area contributed by atoms with E-state index in [-0.39, 0.29) is 11.0 Å². The molecule has 1 saturated heterocycles. The number of ether oxygens (including phenoxy) is 3. The lowest BCUT2D eigenvalue weighted by Gasteiger charge is -2.34. The van der Waals surface area contributed by atoms with Gasteiger partial charge in [0.1, 0.15) is 6.10 Å². The molecule has 0 amide bonds. The lowest BCUT2D eigenvalue weighted by molar-refractivity contribution is 0.0686. The molecule has 3 aromatic carbocycles. The fourth-order valence-corrected chi connectivity index (χ4v) is 6.16. The minimum absolute atomic E-state index is 0.201. The van der Waals surface area contributed by atoms with Crippen molar-refractivity contribution in [3.63, 3.8) is 0 Å². The van der Waals surface area contributed by atoms with Crippen molar-refractivity contribution < 1.29 is 22.6 Å². The van der Waals surface area contributed by atoms with Gasteiger partial charge in [0.05, 0.1) is 19.1 Å². The van der Waals surface area contributed by atoms with E-state index in [4.69, 9.17) is 37.4 Å². The second kappa shape index (κ2) is 13.2. The predicted octanol–water partition coefficient (Wildman–Crippen LogP) is 5.51. The van der Waals surface area contributed by atoms with Gasteiger partial charge >= 0.3 is 0 Å². The summed E-state index contributed by atoms with van der Waals surface area (Å²) in [4.78, 5) is 2.47. The fourth-order valence-electron chi connectivity index (χ4n) is 4.47. The van der Waals surface area contributed by atoms with Crippen LogP contribution in [0.5, 0.6) is 11.5 Å². The average Bonchev–Trinajstić information content (AvgIpc) is 2.94. The third kappa shape index (κ3) is 7.00. The van der Waals surface area contributed by atoms with Crippen LogP contribution >= 0.6 is 23.2 Å². The Morgan fingerprint density at radius 2 is 1.34 bits per heavy atom. The summed E-state index contributed by atoms with van der Waals surface area (Å²) in [5.41, 5.74) is 2.04. The summed E-state index contributed by atoms with van der Waals surface area (Å²) < 4.78 is 44.7. The van der Waals surface area contributed by atoms with Crippen LogP contribution in [0, 0.1) is 0 Å². The van der Waals surface area contributed by atoms with E-state index in [2.05, 4.69) is 4.90 Å². The number of halogens is 2. The van der Waals surface area contributed by atoms with Crippen molar-refractivity contribution in [2.75, 3.05) is 53.6 Å². The molecule has 1 fully saturated rings. The average molecular weight is 580 g/mol. The van der Waals surface area contributed by atoms with Crippen LogP contribution in [-0.4, -0.2) is 71.2 Å². The normalized spacial score (nSPS) is 15.1. The Labute approximate surface area is 234 Å². The number of rotatable bonds is 11. The highest BCUT2D eigenvalue weighted by Gasteiger charge is 2.29. The maximum Gasteiger partial charge on any atom is 0.243 e. The summed E-state index contributed by atoms with van der Waals surface area (Å²) in [5.74, 6) is 0.885. The SMILES string of the molecule is COc1ccc(S(=O)(=O)N2CCN(CCCOC(c3ccc(Cl)cc3)c3ccc(Cl)cc3)CC2)cc1OC. The van der Waals surface area contributed by atoms with Gasteiger partial charge in [0.2, 0.25) is 10.0 Å². The zero-order valence-corrected chi connectivity index (χ0v) is 23.8. The zero-order valence-electron chi connectivity index (χ0n) is 21.5. The first-order chi connectivity index (χ1) is 18.3. The molecule has 0 saturated carbocycles. The number of piperazine rings is 1. The van der Waals surface area contributed by atoms with E-state index in [9.17, 15) is 8.42 Å². The van der Waals surface area contributed by atoms with Crippen molar-refractivity contribution in [1.82, 2.24) is 9.21 Å². The largest absolute Gasteiger partial charge is 0.493 e. The molecular weight excluding hydrogens is 547 g/mol. The molecular formula is C28H32Cl2N2O5S. The minimum Gasteiger partial charge on any atom is -0.493 e. The maximum atomic E-state index is 13.2. The molecule has 3 aromatic rings. The monoisotopic (exact) mass is 578 g/mol. The molecule has 0 bridgehead atoms. The lowest BCUT2D eigenvalue weighted by atomic mass is 10.0. The highest BCUT2D eigenvalue weighted by Crippen LogP contribution is 2.31. The number of nitrogens with zero attached hydrogens (tertiary/aromatic N) is 2. The molecule has 0 aliphatic carbocycles. The lowest BCUT2D eigenvalue weighted by Crippen LogP contribution is -2.48. The standard InChI is InChI=1S/C28H32Cl2N2O5S/c1-35-26-13-12-25(20-27(26)36-2)38(33,34)32-17-15-31(16-18-32)14-3-19-37-28(21-4-8-23(29)9-5-21)22-6-10-24(30)11-7-22/h4-13,20,28H,3,14-19H2,1-2H3. The van der Waals surface area contributed by atoms with Gasteiger partial charge < -0.3 is 19.1 Å². The van der Waals surface area contributed by atoms with Crippen LogP contribution in [0.25, 0.3) is 0 Å². The summed E-state index contributed by atoms with van der Waals surface area (Å²) in [7, 11) is -0.610. The summed E-state index contributed by atoms with van der Waals surface area (Å²) in [6, 6.07) is 20.0. The molecule has 4 rings (SSSR count). The van der Waals surface area contributed by atoms with Gasteiger partial charge in [-0.2, -0.15) is 4.31 Å². The van der Waals surface area contributed by atoms with Crippen LogP contribution in [-0.2, 0) is 14.8 Å². The molecule has 1 aliphatic rings. The van der Waals surface area contributed by atoms with Gasteiger partial charge in [0.25, 0.3) is 0 Å². The van der Waals surface area contributed by atoms with Crippen LogP contribution in [0.15, 0.2) is 71.6 Å². The van der Waals surface area contributed by atoms with Gasteiger partial charge in [0, 0.05) is 55.4 Å². The van der Waals surface area contributed by atoms with Gasteiger partial charge in [-0.1, -0.05) is 47.5 Å². The first kappa shape index (κ1) is 28.7. The number of hydrogen-bond acceptors (Lipinski definition) is 6. The van der Waals surface area contributed by atoms with Crippen molar-refractivity contribution in [3.05, 3.63) is 87.9 Å². The van der Waals surface area contributed by atoms with E-state index in [1.54, 1.807) is 12.1 Å². The smallest absolute Gasteiger partial charge is 0.243 e. The van der Waals surface area contributed by atoms with Gasteiger partial charge in [0.15, 0.2) is 11.5 Å². The predicted molar refractivity (Wildman–Crippen MR) is 150 cm³/mol. The van der Waals surface area contributed by atoms with E-state index in [1.165, 1.54) is 24.6 Å². The van der Waals surface area contributed by atoms with Crippen molar-refractivity contribution in [2.24, 2.45) is 0 Å². The van der Waals surface area contributed by atoms with Crippen LogP contribution in [0.3, 0.4) is 0 Å². The van der Waals surface area contributed by atoms with Crippen LogP contribution in [0.1, 0.15) is 23.7 Å². The third-order valence-corrected chi connectivity index (χ3v) is 8.97. The maximum absolute atomic E-state index is 13.2. The Morgan fingerprint density at radius 3 is 1.87 bits per heavy atom. The highest BCUT2D eigenvalue weighted by molar-refractivity contribution is 7.89. The Kier molecular flexibility index (Phi) is 9.92. The molecule has 1 aliphatic heterocycles. The first-order valence-corrected chi connectivity index (χ1v) is 14.6. The summed E-state index contributed by atoms with van der Waals surface area (Å²) in [5, 5.41) is 1.35.